The van der Waals surface area contributed by atoms with Crippen LogP contribution < -0.4 is 16.4 Å². The van der Waals surface area contributed by atoms with Crippen LogP contribution in [0.4, 0.5) is 0 Å². The molecule has 0 spiro atoms. The van der Waals surface area contributed by atoms with Crippen molar-refractivity contribution < 1.29 is 0 Å². The van der Waals surface area contributed by atoms with Gasteiger partial charge in [0.25, 0.3) is 0 Å². The lowest BCUT2D eigenvalue weighted by Gasteiger charge is -2.19. The van der Waals surface area contributed by atoms with Gasteiger partial charge in [0.05, 0.1) is 0 Å². The normalized spacial score (nSPS) is 16.8. The largest absolute Gasteiger partial charge is 0.316 e. The van der Waals surface area contributed by atoms with Crippen molar-refractivity contribution in [2.45, 2.75) is 38.8 Å². The number of hydrogen-bond donors (Lipinski definition) is 1. The molecule has 5 nitrogen and oxygen atoms in total. The van der Waals surface area contributed by atoms with Crippen molar-refractivity contribution in [3.8, 4) is 0 Å². The van der Waals surface area contributed by atoms with Gasteiger partial charge in [-0.3, -0.25) is 9.59 Å². The summed E-state index contributed by atoms with van der Waals surface area (Å²) in [7, 11) is 1.60. The number of nitrogens with zero attached hydrogens (tertiary/aromatic N) is 2. The molecule has 1 aliphatic carbocycles. The maximum absolute atomic E-state index is 11.8. The number of aryl methyl sites for hydroxylation is 1. The van der Waals surface area contributed by atoms with Crippen molar-refractivity contribution in [2.24, 2.45) is 13.0 Å². The Morgan fingerprint density at radius 2 is 2.06 bits per heavy atom. The average molecular weight is 251 g/mol. The van der Waals surface area contributed by atoms with Gasteiger partial charge in [0.15, 0.2) is 0 Å². The third kappa shape index (κ3) is 2.90. The van der Waals surface area contributed by atoms with E-state index in [2.05, 4.69) is 12.2 Å². The zero-order valence-corrected chi connectivity index (χ0v) is 11.1. The van der Waals surface area contributed by atoms with Crippen molar-refractivity contribution in [3.05, 3.63) is 33.1 Å². The smallest absolute Gasteiger partial charge is 0.312 e. The van der Waals surface area contributed by atoms with Crippen LogP contribution in [0.15, 0.2) is 22.0 Å². The van der Waals surface area contributed by atoms with Gasteiger partial charge in [-0.2, -0.15) is 0 Å². The van der Waals surface area contributed by atoms with Crippen molar-refractivity contribution in [1.82, 2.24) is 14.5 Å². The van der Waals surface area contributed by atoms with E-state index in [1.807, 2.05) is 0 Å². The monoisotopic (exact) mass is 251 g/mol. The van der Waals surface area contributed by atoms with Crippen LogP contribution in [0.25, 0.3) is 0 Å². The van der Waals surface area contributed by atoms with Crippen LogP contribution in [0.1, 0.15) is 26.2 Å². The molecule has 5 heteroatoms. The molecule has 1 fully saturated rings. The van der Waals surface area contributed by atoms with E-state index in [4.69, 9.17) is 0 Å². The average Bonchev–Trinajstić information content (AvgIpc) is 3.18. The molecule has 100 valence electrons. The lowest BCUT2D eigenvalue weighted by molar-refractivity contribution is 0.399. The number of hydrogen-bond acceptors (Lipinski definition) is 3. The minimum Gasteiger partial charge on any atom is -0.312 e. The molecule has 0 aromatic carbocycles. The second-order valence-corrected chi connectivity index (χ2v) is 5.07. The summed E-state index contributed by atoms with van der Waals surface area (Å²) in [6.45, 7) is 3.68. The Morgan fingerprint density at radius 3 is 2.67 bits per heavy atom. The van der Waals surface area contributed by atoms with E-state index in [0.29, 0.717) is 18.5 Å². The Hall–Kier alpha value is -1.36. The van der Waals surface area contributed by atoms with Gasteiger partial charge in [0, 0.05) is 32.0 Å². The molecule has 0 radical (unpaired) electrons. The number of nitrogens with one attached hydrogen (secondary N) is 1. The van der Waals surface area contributed by atoms with Crippen LogP contribution in [0.3, 0.4) is 0 Å². The fraction of sp³-hybridized carbons (Fsp3) is 0.692. The van der Waals surface area contributed by atoms with Gasteiger partial charge in [-0.15, -0.1) is 0 Å². The highest BCUT2D eigenvalue weighted by Gasteiger charge is 2.31. The topological polar surface area (TPSA) is 56.0 Å². The molecule has 1 atom stereocenters. The Labute approximate surface area is 106 Å². The molecule has 0 bridgehead atoms. The molecule has 1 saturated carbocycles. The van der Waals surface area contributed by atoms with E-state index in [-0.39, 0.29) is 0 Å². The van der Waals surface area contributed by atoms with E-state index in [1.165, 1.54) is 22.0 Å². The van der Waals surface area contributed by atoms with E-state index in [0.717, 1.165) is 13.0 Å². The summed E-state index contributed by atoms with van der Waals surface area (Å²) in [6, 6.07) is 0.315. The quantitative estimate of drug-likeness (QED) is 0.741. The van der Waals surface area contributed by atoms with Gasteiger partial charge in [0.1, 0.15) is 0 Å². The highest BCUT2D eigenvalue weighted by molar-refractivity contribution is 4.91. The van der Waals surface area contributed by atoms with E-state index >= 15 is 0 Å². The maximum atomic E-state index is 11.8. The molecular weight excluding hydrogens is 230 g/mol. The van der Waals surface area contributed by atoms with E-state index < -0.39 is 11.1 Å². The van der Waals surface area contributed by atoms with Crippen molar-refractivity contribution in [1.29, 1.82) is 0 Å². The van der Waals surface area contributed by atoms with Crippen LogP contribution in [0.5, 0.6) is 0 Å². The number of aromatic nitrogens is 2. The minimum atomic E-state index is -0.456. The fourth-order valence-corrected chi connectivity index (χ4v) is 2.15. The molecule has 1 N–H and O–H groups in total. The van der Waals surface area contributed by atoms with Gasteiger partial charge in [-0.25, -0.2) is 0 Å². The van der Waals surface area contributed by atoms with Crippen LogP contribution in [-0.4, -0.2) is 21.7 Å². The highest BCUT2D eigenvalue weighted by Crippen LogP contribution is 2.33. The zero-order valence-electron chi connectivity index (χ0n) is 11.1. The summed E-state index contributed by atoms with van der Waals surface area (Å²) >= 11 is 0. The second kappa shape index (κ2) is 5.52. The van der Waals surface area contributed by atoms with Crippen molar-refractivity contribution >= 4 is 0 Å². The molecular formula is C13H21N3O2. The molecule has 0 amide bonds. The number of rotatable bonds is 6. The second-order valence-electron chi connectivity index (χ2n) is 5.07. The van der Waals surface area contributed by atoms with Gasteiger partial charge < -0.3 is 14.5 Å². The molecule has 1 unspecified atom stereocenters. The summed E-state index contributed by atoms with van der Waals surface area (Å²) in [5.74, 6) is 0.660. The molecule has 0 aliphatic heterocycles. The Bertz CT molecular complexity index is 514. The molecule has 2 rings (SSSR count). The summed E-state index contributed by atoms with van der Waals surface area (Å²) in [4.78, 5) is 23.4. The van der Waals surface area contributed by atoms with Crippen LogP contribution in [0, 0.1) is 5.92 Å². The first-order chi connectivity index (χ1) is 8.63. The molecule has 18 heavy (non-hydrogen) atoms. The van der Waals surface area contributed by atoms with Crippen molar-refractivity contribution in [2.75, 3.05) is 6.54 Å². The van der Waals surface area contributed by atoms with Gasteiger partial charge >= 0.3 is 11.1 Å². The maximum Gasteiger partial charge on any atom is 0.316 e. The summed E-state index contributed by atoms with van der Waals surface area (Å²) in [5.41, 5.74) is -0.883. The summed E-state index contributed by atoms with van der Waals surface area (Å²) in [5, 5.41) is 3.47. The minimum absolute atomic E-state index is 0.315. The first-order valence-corrected chi connectivity index (χ1v) is 6.63. The first kappa shape index (κ1) is 13.1. The Kier molecular flexibility index (Phi) is 4.01. The zero-order chi connectivity index (χ0) is 13.1. The summed E-state index contributed by atoms with van der Waals surface area (Å²) < 4.78 is 2.86. The molecule has 1 aromatic rings. The third-order valence-corrected chi connectivity index (χ3v) is 3.48. The fourth-order valence-electron chi connectivity index (χ4n) is 2.15. The molecule has 1 aliphatic rings. The Balaban J connectivity index is 2.14. The van der Waals surface area contributed by atoms with Crippen molar-refractivity contribution in [3.63, 3.8) is 0 Å². The van der Waals surface area contributed by atoms with E-state index in [9.17, 15) is 9.59 Å². The third-order valence-electron chi connectivity index (χ3n) is 3.48. The van der Waals surface area contributed by atoms with E-state index in [1.54, 1.807) is 19.4 Å². The van der Waals surface area contributed by atoms with Crippen LogP contribution in [-0.2, 0) is 13.6 Å². The Morgan fingerprint density at radius 1 is 1.33 bits per heavy atom. The lowest BCUT2D eigenvalue weighted by atomic mass is 10.2. The van der Waals surface area contributed by atoms with Crippen LogP contribution in [0.2, 0.25) is 0 Å². The molecule has 0 saturated heterocycles. The lowest BCUT2D eigenvalue weighted by Crippen LogP contribution is -2.44. The summed E-state index contributed by atoms with van der Waals surface area (Å²) in [6.07, 6.45) is 6.87. The van der Waals surface area contributed by atoms with Gasteiger partial charge in [-0.1, -0.05) is 6.92 Å². The van der Waals surface area contributed by atoms with Gasteiger partial charge in [-0.05, 0) is 31.7 Å². The SMILES string of the molecule is CCCNC(Cn1ccn(C)c(=O)c1=O)C1CC1. The van der Waals surface area contributed by atoms with Crippen LogP contribution >= 0.6 is 0 Å². The highest BCUT2D eigenvalue weighted by atomic mass is 16.2. The molecule has 1 aromatic heterocycles. The first-order valence-electron chi connectivity index (χ1n) is 6.63. The standard InChI is InChI=1S/C13H21N3O2/c1-3-6-14-11(10-4-5-10)9-16-8-7-15(2)12(17)13(16)18/h7-8,10-11,14H,3-6,9H2,1-2H3. The predicted octanol–water partition coefficient (Wildman–Crippen LogP) is 0.325. The predicted molar refractivity (Wildman–Crippen MR) is 70.7 cm³/mol. The van der Waals surface area contributed by atoms with Gasteiger partial charge in [0.2, 0.25) is 0 Å². The molecule has 1 heterocycles.